The molecule has 1 fully saturated rings. The second kappa shape index (κ2) is 4.23. The summed E-state index contributed by atoms with van der Waals surface area (Å²) >= 11 is 3.36. The van der Waals surface area contributed by atoms with Gasteiger partial charge in [0.25, 0.3) is 5.56 Å². The van der Waals surface area contributed by atoms with E-state index in [9.17, 15) is 4.79 Å². The molecule has 5 heteroatoms. The van der Waals surface area contributed by atoms with Crippen molar-refractivity contribution in [2.24, 2.45) is 0 Å². The number of hydrogen-bond acceptors (Lipinski definition) is 3. The van der Waals surface area contributed by atoms with Crippen molar-refractivity contribution in [1.82, 2.24) is 15.3 Å². The molecule has 0 radical (unpaired) electrons. The molecule has 1 aliphatic rings. The Labute approximate surface area is 107 Å². The van der Waals surface area contributed by atoms with Crippen molar-refractivity contribution in [2.75, 3.05) is 6.54 Å². The molecule has 1 saturated heterocycles. The lowest BCUT2D eigenvalue weighted by Crippen LogP contribution is -2.20. The van der Waals surface area contributed by atoms with Crippen molar-refractivity contribution >= 4 is 26.8 Å². The minimum atomic E-state index is -0.0694. The van der Waals surface area contributed by atoms with Gasteiger partial charge in [-0.25, -0.2) is 4.98 Å². The van der Waals surface area contributed by atoms with Crippen LogP contribution < -0.4 is 10.9 Å². The molecule has 1 atom stereocenters. The fraction of sp³-hybridized carbons (Fsp3) is 0.333. The van der Waals surface area contributed by atoms with E-state index in [2.05, 4.69) is 31.2 Å². The summed E-state index contributed by atoms with van der Waals surface area (Å²) in [6.07, 6.45) is 2.16. The number of rotatable bonds is 1. The third-order valence-corrected chi connectivity index (χ3v) is 3.57. The van der Waals surface area contributed by atoms with Gasteiger partial charge in [0.1, 0.15) is 5.82 Å². The van der Waals surface area contributed by atoms with Crippen LogP contribution in [-0.2, 0) is 0 Å². The highest BCUT2D eigenvalue weighted by Gasteiger charge is 2.19. The molecule has 17 heavy (non-hydrogen) atoms. The number of nitrogens with one attached hydrogen (secondary N) is 2. The third kappa shape index (κ3) is 2.00. The van der Waals surface area contributed by atoms with Crippen LogP contribution in [0.25, 0.3) is 10.9 Å². The summed E-state index contributed by atoms with van der Waals surface area (Å²) in [4.78, 5) is 19.4. The molecule has 0 amide bonds. The molecule has 1 aliphatic heterocycles. The Morgan fingerprint density at radius 3 is 3.06 bits per heavy atom. The molecule has 2 aromatic rings. The van der Waals surface area contributed by atoms with Gasteiger partial charge in [0.05, 0.1) is 16.9 Å². The molecule has 4 nitrogen and oxygen atoms in total. The predicted molar refractivity (Wildman–Crippen MR) is 70.0 cm³/mol. The van der Waals surface area contributed by atoms with Crippen LogP contribution in [0.1, 0.15) is 24.7 Å². The number of halogens is 1. The first-order valence-corrected chi connectivity index (χ1v) is 6.46. The van der Waals surface area contributed by atoms with Gasteiger partial charge in [-0.3, -0.25) is 4.79 Å². The third-order valence-electron chi connectivity index (χ3n) is 3.08. The second-order valence-electron chi connectivity index (χ2n) is 4.26. The van der Waals surface area contributed by atoms with Gasteiger partial charge < -0.3 is 10.3 Å². The standard InChI is InChI=1S/C12H12BrN3O/c13-7-3-4-9-8(6-7)12(17)16-11(15-9)10-2-1-5-14-10/h3-4,6,10,14H,1-2,5H2,(H,15,16,17). The maximum atomic E-state index is 12.0. The normalized spacial score (nSPS) is 19.9. The fourth-order valence-electron chi connectivity index (χ4n) is 2.21. The molecule has 1 aromatic carbocycles. The molecule has 0 spiro atoms. The van der Waals surface area contributed by atoms with Gasteiger partial charge in [-0.1, -0.05) is 15.9 Å². The van der Waals surface area contributed by atoms with E-state index in [1.54, 1.807) is 6.07 Å². The van der Waals surface area contributed by atoms with Crippen LogP contribution >= 0.6 is 15.9 Å². The predicted octanol–water partition coefficient (Wildman–Crippen LogP) is 2.11. The largest absolute Gasteiger partial charge is 0.309 e. The molecular weight excluding hydrogens is 282 g/mol. The Bertz CT molecular complexity index is 617. The average Bonchev–Trinajstić information content (AvgIpc) is 2.83. The van der Waals surface area contributed by atoms with Gasteiger partial charge in [0, 0.05) is 4.47 Å². The Kier molecular flexibility index (Phi) is 2.72. The van der Waals surface area contributed by atoms with Crippen LogP contribution in [-0.4, -0.2) is 16.5 Å². The fourth-order valence-corrected chi connectivity index (χ4v) is 2.57. The van der Waals surface area contributed by atoms with E-state index < -0.39 is 0 Å². The zero-order chi connectivity index (χ0) is 11.8. The first-order valence-electron chi connectivity index (χ1n) is 5.67. The lowest BCUT2D eigenvalue weighted by Gasteiger charge is -2.09. The summed E-state index contributed by atoms with van der Waals surface area (Å²) < 4.78 is 0.893. The number of hydrogen-bond donors (Lipinski definition) is 2. The highest BCUT2D eigenvalue weighted by atomic mass is 79.9. The minimum Gasteiger partial charge on any atom is -0.309 e. The van der Waals surface area contributed by atoms with E-state index in [1.165, 1.54) is 0 Å². The Hall–Kier alpha value is -1.20. The zero-order valence-electron chi connectivity index (χ0n) is 9.16. The smallest absolute Gasteiger partial charge is 0.258 e. The summed E-state index contributed by atoms with van der Waals surface area (Å²) in [5, 5.41) is 3.96. The van der Waals surface area contributed by atoms with Gasteiger partial charge in [-0.05, 0) is 37.6 Å². The SMILES string of the molecule is O=c1[nH]c(C2CCCN2)nc2ccc(Br)cc12. The average molecular weight is 294 g/mol. The van der Waals surface area contributed by atoms with E-state index in [0.29, 0.717) is 5.39 Å². The van der Waals surface area contributed by atoms with Gasteiger partial charge in [0.2, 0.25) is 0 Å². The molecule has 2 heterocycles. The molecule has 0 saturated carbocycles. The monoisotopic (exact) mass is 293 g/mol. The summed E-state index contributed by atoms with van der Waals surface area (Å²) in [5.74, 6) is 0.752. The van der Waals surface area contributed by atoms with Crippen LogP contribution in [0.4, 0.5) is 0 Å². The number of aromatic nitrogens is 2. The van der Waals surface area contributed by atoms with E-state index in [4.69, 9.17) is 0 Å². The minimum absolute atomic E-state index is 0.0694. The van der Waals surface area contributed by atoms with Crippen LogP contribution in [0.2, 0.25) is 0 Å². The molecule has 1 aromatic heterocycles. The van der Waals surface area contributed by atoms with E-state index in [-0.39, 0.29) is 11.6 Å². The van der Waals surface area contributed by atoms with Crippen LogP contribution in [0.15, 0.2) is 27.5 Å². The summed E-state index contributed by atoms with van der Waals surface area (Å²) in [7, 11) is 0. The maximum absolute atomic E-state index is 12.0. The molecule has 88 valence electrons. The number of benzene rings is 1. The van der Waals surface area contributed by atoms with Crippen LogP contribution in [0.3, 0.4) is 0 Å². The summed E-state index contributed by atoms with van der Waals surface area (Å²) in [6.45, 7) is 0.993. The quantitative estimate of drug-likeness (QED) is 0.847. The van der Waals surface area contributed by atoms with Gasteiger partial charge in [-0.15, -0.1) is 0 Å². The second-order valence-corrected chi connectivity index (χ2v) is 5.18. The Morgan fingerprint density at radius 1 is 1.41 bits per heavy atom. The van der Waals surface area contributed by atoms with E-state index in [1.807, 2.05) is 12.1 Å². The van der Waals surface area contributed by atoms with Gasteiger partial charge in [0.15, 0.2) is 0 Å². The van der Waals surface area contributed by atoms with Gasteiger partial charge in [-0.2, -0.15) is 0 Å². The van der Waals surface area contributed by atoms with Crippen molar-refractivity contribution in [3.63, 3.8) is 0 Å². The topological polar surface area (TPSA) is 57.8 Å². The summed E-state index contributed by atoms with van der Waals surface area (Å²) in [5.41, 5.74) is 0.681. The highest BCUT2D eigenvalue weighted by Crippen LogP contribution is 2.21. The van der Waals surface area contributed by atoms with Crippen molar-refractivity contribution in [1.29, 1.82) is 0 Å². The first kappa shape index (κ1) is 10.9. The van der Waals surface area contributed by atoms with Crippen molar-refractivity contribution in [3.05, 3.63) is 38.9 Å². The molecule has 0 aliphatic carbocycles. The number of H-pyrrole nitrogens is 1. The van der Waals surface area contributed by atoms with E-state index >= 15 is 0 Å². The number of fused-ring (bicyclic) bond motifs is 1. The highest BCUT2D eigenvalue weighted by molar-refractivity contribution is 9.10. The Balaban J connectivity index is 2.17. The van der Waals surface area contributed by atoms with E-state index in [0.717, 1.165) is 35.2 Å². The molecule has 2 N–H and O–H groups in total. The molecular formula is C12H12BrN3O. The molecule has 3 rings (SSSR count). The lowest BCUT2D eigenvalue weighted by atomic mass is 10.2. The molecule has 0 bridgehead atoms. The number of aromatic amines is 1. The first-order chi connectivity index (χ1) is 8.24. The van der Waals surface area contributed by atoms with Crippen molar-refractivity contribution in [3.8, 4) is 0 Å². The maximum Gasteiger partial charge on any atom is 0.258 e. The van der Waals surface area contributed by atoms with Crippen LogP contribution in [0.5, 0.6) is 0 Å². The van der Waals surface area contributed by atoms with Crippen molar-refractivity contribution in [2.45, 2.75) is 18.9 Å². The lowest BCUT2D eigenvalue weighted by molar-refractivity contribution is 0.606. The zero-order valence-corrected chi connectivity index (χ0v) is 10.8. The Morgan fingerprint density at radius 2 is 2.29 bits per heavy atom. The summed E-state index contributed by atoms with van der Waals surface area (Å²) in [6, 6.07) is 5.76. The van der Waals surface area contributed by atoms with Crippen LogP contribution in [0, 0.1) is 0 Å². The van der Waals surface area contributed by atoms with Gasteiger partial charge >= 0.3 is 0 Å². The van der Waals surface area contributed by atoms with Crippen molar-refractivity contribution < 1.29 is 0 Å². The number of nitrogens with zero attached hydrogens (tertiary/aromatic N) is 1. The molecule has 1 unspecified atom stereocenters.